The smallest absolute Gasteiger partial charge is 0.0795 e. The summed E-state index contributed by atoms with van der Waals surface area (Å²) in [6.45, 7) is 5.63. The van der Waals surface area contributed by atoms with E-state index in [1.54, 1.807) is 11.3 Å². The zero-order valence-electron chi connectivity index (χ0n) is 8.73. The Kier molecular flexibility index (Phi) is 5.07. The summed E-state index contributed by atoms with van der Waals surface area (Å²) < 4.78 is 0. The van der Waals surface area contributed by atoms with Crippen LogP contribution in [-0.2, 0) is 6.54 Å². The molecule has 2 N–H and O–H groups in total. The minimum atomic E-state index is -0.242. The first-order valence-corrected chi connectivity index (χ1v) is 5.88. The Hall–Kier alpha value is -0.450. The fourth-order valence-corrected chi connectivity index (χ4v) is 1.88. The minimum Gasteiger partial charge on any atom is -0.392 e. The van der Waals surface area contributed by atoms with Crippen molar-refractivity contribution in [1.82, 2.24) is 10.3 Å². The highest BCUT2D eigenvalue weighted by molar-refractivity contribution is 7.07. The zero-order valence-corrected chi connectivity index (χ0v) is 9.55. The van der Waals surface area contributed by atoms with Crippen molar-refractivity contribution in [2.24, 2.45) is 5.92 Å². The van der Waals surface area contributed by atoms with Gasteiger partial charge in [-0.25, -0.2) is 4.98 Å². The number of aromatic nitrogens is 1. The first kappa shape index (κ1) is 11.6. The van der Waals surface area contributed by atoms with E-state index < -0.39 is 0 Å². The number of nitrogens with one attached hydrogen (secondary N) is 1. The fraction of sp³-hybridized carbons (Fsp3) is 0.700. The molecule has 0 fully saturated rings. The molecule has 4 heteroatoms. The number of hydrogen-bond acceptors (Lipinski definition) is 4. The highest BCUT2D eigenvalue weighted by Crippen LogP contribution is 2.04. The molecule has 0 saturated heterocycles. The lowest BCUT2D eigenvalue weighted by molar-refractivity contribution is 0.146. The van der Waals surface area contributed by atoms with Gasteiger partial charge in [0, 0.05) is 18.5 Å². The molecule has 1 heterocycles. The van der Waals surface area contributed by atoms with Crippen LogP contribution in [-0.4, -0.2) is 22.7 Å². The van der Waals surface area contributed by atoms with E-state index in [1.807, 2.05) is 10.9 Å². The van der Waals surface area contributed by atoms with E-state index in [0.29, 0.717) is 12.5 Å². The summed E-state index contributed by atoms with van der Waals surface area (Å²) in [5, 5.41) is 14.8. The van der Waals surface area contributed by atoms with Gasteiger partial charge in [-0.05, 0) is 12.3 Å². The molecule has 1 unspecified atom stereocenters. The molecule has 14 heavy (non-hydrogen) atoms. The Balaban J connectivity index is 2.09. The molecular weight excluding hydrogens is 196 g/mol. The second kappa shape index (κ2) is 6.11. The van der Waals surface area contributed by atoms with Crippen molar-refractivity contribution < 1.29 is 5.11 Å². The van der Waals surface area contributed by atoms with E-state index >= 15 is 0 Å². The second-order valence-corrected chi connectivity index (χ2v) is 4.61. The van der Waals surface area contributed by atoms with Gasteiger partial charge in [0.05, 0.1) is 17.3 Å². The molecule has 3 nitrogen and oxygen atoms in total. The van der Waals surface area contributed by atoms with Crippen molar-refractivity contribution in [3.8, 4) is 0 Å². The maximum Gasteiger partial charge on any atom is 0.0795 e. The maximum atomic E-state index is 9.57. The lowest BCUT2D eigenvalue weighted by Crippen LogP contribution is -2.27. The van der Waals surface area contributed by atoms with E-state index in [4.69, 9.17) is 0 Å². The zero-order chi connectivity index (χ0) is 10.4. The van der Waals surface area contributed by atoms with E-state index in [1.165, 1.54) is 0 Å². The summed E-state index contributed by atoms with van der Waals surface area (Å²) >= 11 is 1.60. The molecule has 1 aromatic rings. The van der Waals surface area contributed by atoms with Crippen LogP contribution in [0.25, 0.3) is 0 Å². The third kappa shape index (κ3) is 4.69. The van der Waals surface area contributed by atoms with Crippen LogP contribution in [0.2, 0.25) is 0 Å². The molecule has 1 rings (SSSR count). The van der Waals surface area contributed by atoms with Gasteiger partial charge >= 0.3 is 0 Å². The van der Waals surface area contributed by atoms with Crippen molar-refractivity contribution in [3.05, 3.63) is 16.6 Å². The second-order valence-electron chi connectivity index (χ2n) is 3.89. The average molecular weight is 214 g/mol. The quantitative estimate of drug-likeness (QED) is 0.756. The van der Waals surface area contributed by atoms with Crippen molar-refractivity contribution >= 4 is 11.3 Å². The van der Waals surface area contributed by atoms with Gasteiger partial charge in [0.1, 0.15) is 0 Å². The lowest BCUT2D eigenvalue weighted by Gasteiger charge is -2.13. The summed E-state index contributed by atoms with van der Waals surface area (Å²) in [5.74, 6) is 0.547. The molecule has 0 amide bonds. The highest BCUT2D eigenvalue weighted by atomic mass is 32.1. The van der Waals surface area contributed by atoms with Crippen LogP contribution >= 0.6 is 11.3 Å². The molecule has 0 aromatic carbocycles. The van der Waals surface area contributed by atoms with Crippen LogP contribution in [0.3, 0.4) is 0 Å². The van der Waals surface area contributed by atoms with Crippen molar-refractivity contribution in [2.75, 3.05) is 6.54 Å². The van der Waals surface area contributed by atoms with E-state index in [9.17, 15) is 5.11 Å². The minimum absolute atomic E-state index is 0.242. The molecular formula is C10H18N2OS. The van der Waals surface area contributed by atoms with Crippen LogP contribution in [0.1, 0.15) is 26.0 Å². The van der Waals surface area contributed by atoms with E-state index in [-0.39, 0.29) is 6.10 Å². The van der Waals surface area contributed by atoms with Crippen molar-refractivity contribution in [1.29, 1.82) is 0 Å². The van der Waals surface area contributed by atoms with Gasteiger partial charge in [-0.1, -0.05) is 13.8 Å². The van der Waals surface area contributed by atoms with Crippen LogP contribution in [0.4, 0.5) is 0 Å². The Bertz CT molecular complexity index is 236. The van der Waals surface area contributed by atoms with Crippen LogP contribution in [0.5, 0.6) is 0 Å². The third-order valence-electron chi connectivity index (χ3n) is 1.91. The maximum absolute atomic E-state index is 9.57. The number of rotatable bonds is 6. The third-order valence-corrected chi connectivity index (χ3v) is 2.55. The predicted octanol–water partition coefficient (Wildman–Crippen LogP) is 1.64. The van der Waals surface area contributed by atoms with Crippen LogP contribution in [0, 0.1) is 5.92 Å². The number of nitrogens with zero attached hydrogens (tertiary/aromatic N) is 1. The molecule has 0 radical (unpaired) electrons. The summed E-state index contributed by atoms with van der Waals surface area (Å²) in [7, 11) is 0. The molecule has 0 aliphatic heterocycles. The standard InChI is InChI=1S/C10H18N2OS/c1-8(2)3-10(13)5-11-4-9-6-14-7-12-9/h6-8,10-11,13H,3-5H2,1-2H3. The number of aliphatic hydroxyl groups excluding tert-OH is 1. The largest absolute Gasteiger partial charge is 0.392 e. The van der Waals surface area contributed by atoms with Gasteiger partial charge < -0.3 is 10.4 Å². The Morgan fingerprint density at radius 1 is 1.57 bits per heavy atom. The summed E-state index contributed by atoms with van der Waals surface area (Å²) in [5.41, 5.74) is 2.87. The van der Waals surface area contributed by atoms with Gasteiger partial charge in [-0.3, -0.25) is 0 Å². The van der Waals surface area contributed by atoms with Crippen molar-refractivity contribution in [2.45, 2.75) is 32.9 Å². The summed E-state index contributed by atoms with van der Waals surface area (Å²) in [6.07, 6.45) is 0.609. The molecule has 0 bridgehead atoms. The van der Waals surface area contributed by atoms with Gasteiger partial charge in [-0.15, -0.1) is 11.3 Å². The van der Waals surface area contributed by atoms with E-state index in [0.717, 1.165) is 18.7 Å². The topological polar surface area (TPSA) is 45.1 Å². The Morgan fingerprint density at radius 3 is 2.93 bits per heavy atom. The lowest BCUT2D eigenvalue weighted by atomic mass is 10.1. The Labute approximate surface area is 89.2 Å². The van der Waals surface area contributed by atoms with Gasteiger partial charge in [0.15, 0.2) is 0 Å². The molecule has 0 aliphatic rings. The molecule has 0 aliphatic carbocycles. The number of aliphatic hydroxyl groups is 1. The molecule has 1 aromatic heterocycles. The molecule has 0 spiro atoms. The van der Waals surface area contributed by atoms with E-state index in [2.05, 4.69) is 24.1 Å². The van der Waals surface area contributed by atoms with Gasteiger partial charge in [0.2, 0.25) is 0 Å². The molecule has 80 valence electrons. The van der Waals surface area contributed by atoms with Crippen LogP contribution in [0.15, 0.2) is 10.9 Å². The predicted molar refractivity (Wildman–Crippen MR) is 59.3 cm³/mol. The summed E-state index contributed by atoms with van der Waals surface area (Å²) in [4.78, 5) is 4.15. The monoisotopic (exact) mass is 214 g/mol. The first-order valence-electron chi connectivity index (χ1n) is 4.94. The molecule has 1 atom stereocenters. The normalized spacial score (nSPS) is 13.4. The van der Waals surface area contributed by atoms with Crippen LogP contribution < -0.4 is 5.32 Å². The summed E-state index contributed by atoms with van der Waals surface area (Å²) in [6, 6.07) is 0. The Morgan fingerprint density at radius 2 is 2.36 bits per heavy atom. The van der Waals surface area contributed by atoms with Gasteiger partial charge in [-0.2, -0.15) is 0 Å². The SMILES string of the molecule is CC(C)CC(O)CNCc1cscn1. The number of hydrogen-bond donors (Lipinski definition) is 2. The average Bonchev–Trinajstić information content (AvgIpc) is 2.55. The van der Waals surface area contributed by atoms with Gasteiger partial charge in [0.25, 0.3) is 0 Å². The molecule has 0 saturated carbocycles. The van der Waals surface area contributed by atoms with Crippen molar-refractivity contribution in [3.63, 3.8) is 0 Å². The first-order chi connectivity index (χ1) is 6.68. The fourth-order valence-electron chi connectivity index (χ4n) is 1.32. The number of thiazole rings is 1. The highest BCUT2D eigenvalue weighted by Gasteiger charge is 2.06.